The standard InChI is InChI=1S/C24H41N5O/c1-3-25-24(26-12-6-13-28-14-9-20(2)10-15-28)27-17-23(30)19-29-16-11-21-7-4-5-8-22(21)18-29/h4-5,7-8,20,23,30H,3,6,9-19H2,1-2H3,(H2,25,26,27). The lowest BCUT2D eigenvalue weighted by atomic mass is 9.99. The van der Waals surface area contributed by atoms with Crippen LogP contribution in [0.25, 0.3) is 0 Å². The van der Waals surface area contributed by atoms with Crippen LogP contribution in [0.2, 0.25) is 0 Å². The number of rotatable bonds is 9. The van der Waals surface area contributed by atoms with Gasteiger partial charge in [0.05, 0.1) is 12.6 Å². The number of β-amino-alcohol motifs (C(OH)–C–C–N with tert-alkyl or cyclic N) is 1. The number of fused-ring (bicyclic) bond motifs is 1. The van der Waals surface area contributed by atoms with E-state index < -0.39 is 6.10 Å². The van der Waals surface area contributed by atoms with Gasteiger partial charge >= 0.3 is 0 Å². The SMILES string of the molecule is CCNC(=NCC(O)CN1CCc2ccccc2C1)NCCCN1CCC(C)CC1. The van der Waals surface area contributed by atoms with Gasteiger partial charge in [0.1, 0.15) is 0 Å². The Balaban J connectivity index is 1.36. The van der Waals surface area contributed by atoms with Crippen molar-refractivity contribution in [2.24, 2.45) is 10.9 Å². The maximum atomic E-state index is 10.5. The molecule has 0 aliphatic carbocycles. The van der Waals surface area contributed by atoms with Crippen LogP contribution in [-0.4, -0.2) is 79.3 Å². The molecule has 1 saturated heterocycles. The molecule has 3 rings (SSSR count). The Hall–Kier alpha value is -1.63. The number of piperidine rings is 1. The molecule has 2 aliphatic rings. The Bertz CT molecular complexity index is 657. The van der Waals surface area contributed by atoms with Crippen molar-refractivity contribution in [3.8, 4) is 0 Å². The van der Waals surface area contributed by atoms with Crippen LogP contribution in [0.3, 0.4) is 0 Å². The van der Waals surface area contributed by atoms with Crippen LogP contribution in [-0.2, 0) is 13.0 Å². The van der Waals surface area contributed by atoms with E-state index in [1.807, 2.05) is 0 Å². The quantitative estimate of drug-likeness (QED) is 0.327. The molecule has 6 nitrogen and oxygen atoms in total. The Labute approximate surface area is 182 Å². The largest absolute Gasteiger partial charge is 0.390 e. The summed E-state index contributed by atoms with van der Waals surface area (Å²) in [5.41, 5.74) is 2.83. The molecule has 1 unspecified atom stereocenters. The van der Waals surface area contributed by atoms with Crippen LogP contribution >= 0.6 is 0 Å². The minimum Gasteiger partial charge on any atom is -0.390 e. The summed E-state index contributed by atoms with van der Waals surface area (Å²) in [6.45, 7) is 12.8. The molecule has 3 N–H and O–H groups in total. The number of benzene rings is 1. The lowest BCUT2D eigenvalue weighted by Gasteiger charge is -2.30. The van der Waals surface area contributed by atoms with Crippen LogP contribution < -0.4 is 10.6 Å². The third-order valence-electron chi connectivity index (χ3n) is 6.30. The Morgan fingerprint density at radius 1 is 1.13 bits per heavy atom. The zero-order valence-corrected chi connectivity index (χ0v) is 18.9. The van der Waals surface area contributed by atoms with E-state index in [4.69, 9.17) is 0 Å². The van der Waals surface area contributed by atoms with Gasteiger partial charge < -0.3 is 20.6 Å². The summed E-state index contributed by atoms with van der Waals surface area (Å²) in [7, 11) is 0. The summed E-state index contributed by atoms with van der Waals surface area (Å²) in [5.74, 6) is 1.70. The number of nitrogens with zero attached hydrogens (tertiary/aromatic N) is 3. The molecule has 6 heteroatoms. The van der Waals surface area contributed by atoms with Crippen molar-refractivity contribution in [1.29, 1.82) is 0 Å². The maximum Gasteiger partial charge on any atom is 0.191 e. The van der Waals surface area contributed by atoms with E-state index in [1.54, 1.807) is 0 Å². The third kappa shape index (κ3) is 7.56. The first-order chi connectivity index (χ1) is 14.6. The molecule has 0 bridgehead atoms. The van der Waals surface area contributed by atoms with Crippen LogP contribution in [0.1, 0.15) is 44.2 Å². The molecule has 1 aromatic carbocycles. The fourth-order valence-electron chi connectivity index (χ4n) is 4.40. The number of aliphatic hydroxyl groups excluding tert-OH is 1. The molecular formula is C24H41N5O. The number of aliphatic imine (C=N–C) groups is 1. The molecule has 168 valence electrons. The van der Waals surface area contributed by atoms with Gasteiger partial charge in [-0.15, -0.1) is 0 Å². The Morgan fingerprint density at radius 3 is 2.67 bits per heavy atom. The molecule has 1 fully saturated rings. The van der Waals surface area contributed by atoms with Gasteiger partial charge in [-0.1, -0.05) is 31.2 Å². The van der Waals surface area contributed by atoms with Crippen LogP contribution in [0.4, 0.5) is 0 Å². The molecule has 30 heavy (non-hydrogen) atoms. The lowest BCUT2D eigenvalue weighted by molar-refractivity contribution is 0.111. The van der Waals surface area contributed by atoms with Crippen molar-refractivity contribution in [2.45, 2.75) is 52.2 Å². The van der Waals surface area contributed by atoms with Gasteiger partial charge in [-0.3, -0.25) is 9.89 Å². The number of likely N-dealkylation sites (tertiary alicyclic amines) is 1. The van der Waals surface area contributed by atoms with Gasteiger partial charge in [-0.05, 0) is 69.3 Å². The predicted octanol–water partition coefficient (Wildman–Crippen LogP) is 2.08. The highest BCUT2D eigenvalue weighted by Crippen LogP contribution is 2.18. The molecule has 2 aliphatic heterocycles. The van der Waals surface area contributed by atoms with Crippen molar-refractivity contribution >= 4 is 5.96 Å². The van der Waals surface area contributed by atoms with Crippen LogP contribution in [0, 0.1) is 5.92 Å². The van der Waals surface area contributed by atoms with E-state index in [0.717, 1.165) is 57.4 Å². The molecule has 0 aromatic heterocycles. The van der Waals surface area contributed by atoms with E-state index in [9.17, 15) is 5.11 Å². The number of hydrogen-bond acceptors (Lipinski definition) is 4. The van der Waals surface area contributed by atoms with Gasteiger partial charge in [-0.25, -0.2) is 0 Å². The van der Waals surface area contributed by atoms with Crippen molar-refractivity contribution < 1.29 is 5.11 Å². The summed E-state index contributed by atoms with van der Waals surface area (Å²) in [6, 6.07) is 8.63. The summed E-state index contributed by atoms with van der Waals surface area (Å²) in [4.78, 5) is 9.53. The van der Waals surface area contributed by atoms with E-state index in [1.165, 1.54) is 37.1 Å². The zero-order chi connectivity index (χ0) is 21.2. The first-order valence-corrected chi connectivity index (χ1v) is 11.9. The fraction of sp³-hybridized carbons (Fsp3) is 0.708. The zero-order valence-electron chi connectivity index (χ0n) is 18.9. The number of guanidine groups is 1. The average molecular weight is 416 g/mol. The molecule has 1 atom stereocenters. The molecule has 0 spiro atoms. The number of nitrogens with one attached hydrogen (secondary N) is 2. The minimum atomic E-state index is -0.443. The van der Waals surface area contributed by atoms with E-state index in [-0.39, 0.29) is 0 Å². The van der Waals surface area contributed by atoms with Crippen molar-refractivity contribution in [1.82, 2.24) is 20.4 Å². The van der Waals surface area contributed by atoms with Crippen LogP contribution in [0.5, 0.6) is 0 Å². The summed E-state index contributed by atoms with van der Waals surface area (Å²) >= 11 is 0. The highest BCUT2D eigenvalue weighted by molar-refractivity contribution is 5.79. The van der Waals surface area contributed by atoms with E-state index >= 15 is 0 Å². The van der Waals surface area contributed by atoms with Crippen LogP contribution in [0.15, 0.2) is 29.3 Å². The molecule has 0 radical (unpaired) electrons. The number of hydrogen-bond donors (Lipinski definition) is 3. The van der Waals surface area contributed by atoms with Crippen molar-refractivity contribution in [3.05, 3.63) is 35.4 Å². The first-order valence-electron chi connectivity index (χ1n) is 11.9. The van der Waals surface area contributed by atoms with Gasteiger partial charge in [0.15, 0.2) is 5.96 Å². The lowest BCUT2D eigenvalue weighted by Crippen LogP contribution is -2.41. The highest BCUT2D eigenvalue weighted by Gasteiger charge is 2.18. The van der Waals surface area contributed by atoms with Crippen molar-refractivity contribution in [2.75, 3.05) is 52.4 Å². The Morgan fingerprint density at radius 2 is 1.90 bits per heavy atom. The predicted molar refractivity (Wildman–Crippen MR) is 125 cm³/mol. The first kappa shape index (κ1) is 23.0. The normalized spacial score (nSPS) is 20.0. The smallest absolute Gasteiger partial charge is 0.191 e. The fourth-order valence-corrected chi connectivity index (χ4v) is 4.40. The summed E-state index contributed by atoms with van der Waals surface area (Å²) in [6.07, 6.45) is 4.40. The maximum absolute atomic E-state index is 10.5. The van der Waals surface area contributed by atoms with Gasteiger partial charge in [0.2, 0.25) is 0 Å². The third-order valence-corrected chi connectivity index (χ3v) is 6.30. The van der Waals surface area contributed by atoms with Gasteiger partial charge in [0, 0.05) is 32.7 Å². The molecule has 1 aromatic rings. The number of aliphatic hydroxyl groups is 1. The van der Waals surface area contributed by atoms with Gasteiger partial charge in [-0.2, -0.15) is 0 Å². The topological polar surface area (TPSA) is 63.1 Å². The second-order valence-corrected chi connectivity index (χ2v) is 8.93. The van der Waals surface area contributed by atoms with E-state index in [2.05, 4.69) is 63.5 Å². The monoisotopic (exact) mass is 415 g/mol. The average Bonchev–Trinajstić information content (AvgIpc) is 2.76. The molecule has 2 heterocycles. The molecular weight excluding hydrogens is 374 g/mol. The second-order valence-electron chi connectivity index (χ2n) is 8.93. The summed E-state index contributed by atoms with van der Waals surface area (Å²) < 4.78 is 0. The molecule has 0 amide bonds. The highest BCUT2D eigenvalue weighted by atomic mass is 16.3. The minimum absolute atomic E-state index is 0.428. The Kier molecular flexibility index (Phi) is 9.43. The van der Waals surface area contributed by atoms with Gasteiger partial charge in [0.25, 0.3) is 0 Å². The summed E-state index contributed by atoms with van der Waals surface area (Å²) in [5, 5.41) is 17.2. The van der Waals surface area contributed by atoms with E-state index in [0.29, 0.717) is 13.1 Å². The molecule has 0 saturated carbocycles. The second kappa shape index (κ2) is 12.3. The van der Waals surface area contributed by atoms with Crippen molar-refractivity contribution in [3.63, 3.8) is 0 Å².